The monoisotopic (exact) mass is 324 g/mol. The standard InChI is InChI=1S/C16H24N2O3S/c1-13(2)8-9-17-22(20,21)15-7-5-6-14(12-15)16(19)18-10-3-4-11-18/h5-7,12-13,17H,3-4,8-11H2,1-2H3. The Morgan fingerprint density at radius 2 is 1.95 bits per heavy atom. The molecule has 1 N–H and O–H groups in total. The molecule has 0 atom stereocenters. The van der Waals surface area contributed by atoms with Crippen molar-refractivity contribution in [3.8, 4) is 0 Å². The van der Waals surface area contributed by atoms with Crippen molar-refractivity contribution in [2.75, 3.05) is 19.6 Å². The Balaban J connectivity index is 2.11. The Bertz CT molecular complexity index is 620. The van der Waals surface area contributed by atoms with Gasteiger partial charge in [0.25, 0.3) is 5.91 Å². The maximum Gasteiger partial charge on any atom is 0.253 e. The Kier molecular flexibility index (Phi) is 5.58. The zero-order valence-corrected chi connectivity index (χ0v) is 14.0. The molecule has 0 radical (unpaired) electrons. The third kappa shape index (κ3) is 4.30. The molecule has 0 spiro atoms. The van der Waals surface area contributed by atoms with Crippen LogP contribution < -0.4 is 4.72 Å². The number of sulfonamides is 1. The first-order valence-corrected chi connectivity index (χ1v) is 9.27. The molecule has 1 aromatic carbocycles. The minimum absolute atomic E-state index is 0.0864. The Morgan fingerprint density at radius 3 is 2.59 bits per heavy atom. The summed E-state index contributed by atoms with van der Waals surface area (Å²) in [4.78, 5) is 14.3. The molecule has 1 aliphatic rings. The van der Waals surface area contributed by atoms with Crippen LogP contribution in [0.3, 0.4) is 0 Å². The highest BCUT2D eigenvalue weighted by Crippen LogP contribution is 2.16. The van der Waals surface area contributed by atoms with Gasteiger partial charge in [0.15, 0.2) is 0 Å². The minimum atomic E-state index is -3.56. The molecule has 22 heavy (non-hydrogen) atoms. The van der Waals surface area contributed by atoms with Crippen LogP contribution in [0.1, 0.15) is 43.5 Å². The molecule has 0 bridgehead atoms. The summed E-state index contributed by atoms with van der Waals surface area (Å²) in [5, 5.41) is 0. The summed E-state index contributed by atoms with van der Waals surface area (Å²) in [6.45, 7) is 6.00. The fourth-order valence-corrected chi connectivity index (χ4v) is 3.56. The molecule has 2 rings (SSSR count). The van der Waals surface area contributed by atoms with Crippen molar-refractivity contribution in [1.82, 2.24) is 9.62 Å². The van der Waals surface area contributed by atoms with Crippen molar-refractivity contribution >= 4 is 15.9 Å². The fraction of sp³-hybridized carbons (Fsp3) is 0.562. The fourth-order valence-electron chi connectivity index (χ4n) is 2.46. The second-order valence-corrected chi connectivity index (χ2v) is 7.87. The van der Waals surface area contributed by atoms with Crippen LogP contribution in [0.15, 0.2) is 29.2 Å². The van der Waals surface area contributed by atoms with E-state index in [9.17, 15) is 13.2 Å². The molecular formula is C16H24N2O3S. The van der Waals surface area contributed by atoms with Crippen LogP contribution in [0.4, 0.5) is 0 Å². The largest absolute Gasteiger partial charge is 0.339 e. The van der Waals surface area contributed by atoms with Gasteiger partial charge in [-0.25, -0.2) is 13.1 Å². The van der Waals surface area contributed by atoms with Crippen molar-refractivity contribution in [2.24, 2.45) is 5.92 Å². The van der Waals surface area contributed by atoms with E-state index >= 15 is 0 Å². The van der Waals surface area contributed by atoms with Gasteiger partial charge in [-0.1, -0.05) is 19.9 Å². The van der Waals surface area contributed by atoms with Crippen molar-refractivity contribution in [3.63, 3.8) is 0 Å². The summed E-state index contributed by atoms with van der Waals surface area (Å²) in [6, 6.07) is 6.30. The third-order valence-corrected chi connectivity index (χ3v) is 5.26. The number of nitrogens with one attached hydrogen (secondary N) is 1. The molecule has 1 fully saturated rings. The number of carbonyl (C=O) groups is 1. The van der Waals surface area contributed by atoms with Crippen LogP contribution in [0, 0.1) is 5.92 Å². The highest BCUT2D eigenvalue weighted by molar-refractivity contribution is 7.89. The SMILES string of the molecule is CC(C)CCNS(=O)(=O)c1cccc(C(=O)N2CCCC2)c1. The number of rotatable bonds is 6. The lowest BCUT2D eigenvalue weighted by atomic mass is 10.1. The lowest BCUT2D eigenvalue weighted by Crippen LogP contribution is -2.28. The van der Waals surface area contributed by atoms with Crippen molar-refractivity contribution in [3.05, 3.63) is 29.8 Å². The Hall–Kier alpha value is -1.40. The van der Waals surface area contributed by atoms with Gasteiger partial charge in [0.05, 0.1) is 4.90 Å². The van der Waals surface area contributed by atoms with Crippen LogP contribution in [0.25, 0.3) is 0 Å². The average Bonchev–Trinajstić information content (AvgIpc) is 3.00. The first-order valence-electron chi connectivity index (χ1n) is 7.79. The first-order chi connectivity index (χ1) is 10.4. The lowest BCUT2D eigenvalue weighted by molar-refractivity contribution is 0.0792. The summed E-state index contributed by atoms with van der Waals surface area (Å²) in [7, 11) is -3.56. The molecule has 6 heteroatoms. The molecule has 1 amide bonds. The van der Waals surface area contributed by atoms with Gasteiger partial charge in [0, 0.05) is 25.2 Å². The molecule has 0 aliphatic carbocycles. The molecule has 0 unspecified atom stereocenters. The summed E-state index contributed by atoms with van der Waals surface area (Å²) in [6.07, 6.45) is 2.81. The van der Waals surface area contributed by atoms with Gasteiger partial charge in [-0.05, 0) is 43.4 Å². The number of benzene rings is 1. The van der Waals surface area contributed by atoms with Crippen LogP contribution in [0.2, 0.25) is 0 Å². The second-order valence-electron chi connectivity index (χ2n) is 6.11. The Labute approximate surface area is 132 Å². The van der Waals surface area contributed by atoms with Gasteiger partial charge in [-0.2, -0.15) is 0 Å². The number of hydrogen-bond acceptors (Lipinski definition) is 3. The molecule has 122 valence electrons. The number of carbonyl (C=O) groups excluding carboxylic acids is 1. The van der Waals surface area contributed by atoms with E-state index in [2.05, 4.69) is 4.72 Å². The summed E-state index contributed by atoms with van der Waals surface area (Å²) in [5.41, 5.74) is 0.439. The minimum Gasteiger partial charge on any atom is -0.339 e. The molecule has 1 saturated heterocycles. The number of nitrogens with zero attached hydrogens (tertiary/aromatic N) is 1. The zero-order valence-electron chi connectivity index (χ0n) is 13.2. The van der Waals surface area contributed by atoms with Gasteiger partial charge in [-0.15, -0.1) is 0 Å². The van der Waals surface area contributed by atoms with Gasteiger partial charge >= 0.3 is 0 Å². The van der Waals surface area contributed by atoms with Crippen molar-refractivity contribution < 1.29 is 13.2 Å². The van der Waals surface area contributed by atoms with Crippen LogP contribution in [-0.2, 0) is 10.0 Å². The predicted octanol–water partition coefficient (Wildman–Crippen LogP) is 2.25. The Morgan fingerprint density at radius 1 is 1.27 bits per heavy atom. The number of likely N-dealkylation sites (tertiary alicyclic amines) is 1. The van der Waals surface area contributed by atoms with E-state index in [0.29, 0.717) is 18.0 Å². The van der Waals surface area contributed by atoms with Crippen LogP contribution in [0.5, 0.6) is 0 Å². The molecule has 0 saturated carbocycles. The highest BCUT2D eigenvalue weighted by atomic mass is 32.2. The molecule has 5 nitrogen and oxygen atoms in total. The topological polar surface area (TPSA) is 66.5 Å². The van der Waals surface area contributed by atoms with E-state index in [1.807, 2.05) is 13.8 Å². The third-order valence-electron chi connectivity index (χ3n) is 3.80. The van der Waals surface area contributed by atoms with E-state index in [1.165, 1.54) is 12.1 Å². The van der Waals surface area contributed by atoms with Gasteiger partial charge < -0.3 is 4.90 Å². The molecule has 1 aromatic rings. The average molecular weight is 324 g/mol. The zero-order chi connectivity index (χ0) is 16.2. The van der Waals surface area contributed by atoms with Gasteiger partial charge in [-0.3, -0.25) is 4.79 Å². The lowest BCUT2D eigenvalue weighted by Gasteiger charge is -2.16. The summed E-state index contributed by atoms with van der Waals surface area (Å²) in [5.74, 6) is 0.350. The first kappa shape index (κ1) is 17.0. The summed E-state index contributed by atoms with van der Waals surface area (Å²) >= 11 is 0. The van der Waals surface area contributed by atoms with Crippen LogP contribution >= 0.6 is 0 Å². The molecule has 0 aromatic heterocycles. The number of amides is 1. The van der Waals surface area contributed by atoms with Crippen molar-refractivity contribution in [2.45, 2.75) is 38.0 Å². The maximum absolute atomic E-state index is 12.3. The summed E-state index contributed by atoms with van der Waals surface area (Å²) < 4.78 is 27.1. The molecule has 1 heterocycles. The van der Waals surface area contributed by atoms with E-state index in [0.717, 1.165) is 32.4 Å². The quantitative estimate of drug-likeness (QED) is 0.873. The van der Waals surface area contributed by atoms with Gasteiger partial charge in [0.1, 0.15) is 0 Å². The van der Waals surface area contributed by atoms with Gasteiger partial charge in [0.2, 0.25) is 10.0 Å². The molecular weight excluding hydrogens is 300 g/mol. The van der Waals surface area contributed by atoms with Crippen molar-refractivity contribution in [1.29, 1.82) is 0 Å². The highest BCUT2D eigenvalue weighted by Gasteiger charge is 2.21. The van der Waals surface area contributed by atoms with E-state index < -0.39 is 10.0 Å². The van der Waals surface area contributed by atoms with E-state index in [4.69, 9.17) is 0 Å². The predicted molar refractivity (Wildman–Crippen MR) is 86.2 cm³/mol. The van der Waals surface area contributed by atoms with Crippen LogP contribution in [-0.4, -0.2) is 38.9 Å². The number of hydrogen-bond donors (Lipinski definition) is 1. The van der Waals surface area contributed by atoms with E-state index in [-0.39, 0.29) is 10.8 Å². The van der Waals surface area contributed by atoms with E-state index in [1.54, 1.807) is 17.0 Å². The second kappa shape index (κ2) is 7.24. The smallest absolute Gasteiger partial charge is 0.253 e. The molecule has 1 aliphatic heterocycles. The normalized spacial score (nSPS) is 15.5. The maximum atomic E-state index is 12.3.